The summed E-state index contributed by atoms with van der Waals surface area (Å²) >= 11 is 0. The van der Waals surface area contributed by atoms with E-state index in [1.807, 2.05) is 0 Å². The van der Waals surface area contributed by atoms with E-state index in [9.17, 15) is 14.0 Å². The van der Waals surface area contributed by atoms with Crippen molar-refractivity contribution in [3.05, 3.63) is 0 Å². The molecule has 58 valence electrons. The Bertz CT molecular complexity index is 133. The lowest BCUT2D eigenvalue weighted by Gasteiger charge is -1.94. The Labute approximate surface area is 58.2 Å². The summed E-state index contributed by atoms with van der Waals surface area (Å²) in [5.41, 5.74) is 0. The van der Waals surface area contributed by atoms with Gasteiger partial charge in [0.1, 0.15) is 12.2 Å². The lowest BCUT2D eigenvalue weighted by Crippen LogP contribution is -2.09. The summed E-state index contributed by atoms with van der Waals surface area (Å²) in [6.07, 6.45) is -0.518. The molecule has 0 rings (SSSR count). The number of carbonyl (C=O) groups excluding carboxylic acids is 2. The molecule has 0 spiro atoms. The summed E-state index contributed by atoms with van der Waals surface area (Å²) in [5, 5.41) is 0. The van der Waals surface area contributed by atoms with Crippen LogP contribution >= 0.6 is 0 Å². The van der Waals surface area contributed by atoms with Gasteiger partial charge in [-0.3, -0.25) is 14.0 Å². The van der Waals surface area contributed by atoms with Crippen molar-refractivity contribution in [3.8, 4) is 0 Å². The van der Waals surface area contributed by atoms with Crippen molar-refractivity contribution in [3.63, 3.8) is 0 Å². The predicted molar refractivity (Wildman–Crippen MR) is 32.2 cm³/mol. The third kappa shape index (κ3) is 4.00. The van der Waals surface area contributed by atoms with Gasteiger partial charge in [-0.1, -0.05) is 0 Å². The number of hydrogen-bond acceptors (Lipinski definition) is 3. The second kappa shape index (κ2) is 4.90. The van der Waals surface area contributed by atoms with Crippen LogP contribution < -0.4 is 0 Å². The molecule has 3 nitrogen and oxygen atoms in total. The van der Waals surface area contributed by atoms with Crippen molar-refractivity contribution in [2.24, 2.45) is 0 Å². The highest BCUT2D eigenvalue weighted by Gasteiger charge is 2.07. The molecule has 0 aliphatic rings. The van der Waals surface area contributed by atoms with Crippen molar-refractivity contribution in [1.29, 1.82) is 0 Å². The Morgan fingerprint density at radius 2 is 2.10 bits per heavy atom. The van der Waals surface area contributed by atoms with E-state index in [0.717, 1.165) is 0 Å². The fourth-order valence-corrected chi connectivity index (χ4v) is 0.427. The average Bonchev–Trinajstić information content (AvgIpc) is 1.88. The van der Waals surface area contributed by atoms with E-state index in [1.165, 1.54) is 7.11 Å². The molecule has 4 heteroatoms. The summed E-state index contributed by atoms with van der Waals surface area (Å²) in [5.74, 6) is -1.03. The minimum Gasteiger partial charge on any atom is -0.469 e. The SMILES string of the molecule is COC(=O)CC(=O)CCF. The van der Waals surface area contributed by atoms with Crippen molar-refractivity contribution in [2.45, 2.75) is 12.8 Å². The van der Waals surface area contributed by atoms with Gasteiger partial charge in [0.25, 0.3) is 0 Å². The van der Waals surface area contributed by atoms with Crippen LogP contribution in [0.2, 0.25) is 0 Å². The number of alkyl halides is 1. The first-order valence-electron chi connectivity index (χ1n) is 2.85. The minimum absolute atomic E-state index is 0.199. The van der Waals surface area contributed by atoms with Gasteiger partial charge >= 0.3 is 5.97 Å². The number of methoxy groups -OCH3 is 1. The summed E-state index contributed by atoms with van der Waals surface area (Å²) < 4.78 is 15.6. The highest BCUT2D eigenvalue weighted by Crippen LogP contribution is 1.92. The molecule has 0 saturated heterocycles. The van der Waals surface area contributed by atoms with Crippen LogP contribution in [0.3, 0.4) is 0 Å². The Morgan fingerprint density at radius 1 is 1.50 bits per heavy atom. The van der Waals surface area contributed by atoms with E-state index in [1.54, 1.807) is 0 Å². The Balaban J connectivity index is 3.47. The Hall–Kier alpha value is -0.930. The molecule has 0 aromatic rings. The maximum atomic E-state index is 11.4. The van der Waals surface area contributed by atoms with Crippen LogP contribution in [0.4, 0.5) is 4.39 Å². The van der Waals surface area contributed by atoms with Crippen LogP contribution in [0.5, 0.6) is 0 Å². The van der Waals surface area contributed by atoms with Gasteiger partial charge in [-0.2, -0.15) is 0 Å². The molecule has 0 fully saturated rings. The first-order valence-corrected chi connectivity index (χ1v) is 2.85. The third-order valence-electron chi connectivity index (χ3n) is 0.943. The van der Waals surface area contributed by atoms with E-state index in [-0.39, 0.29) is 12.8 Å². The molecule has 0 aromatic carbocycles. The second-order valence-electron chi connectivity index (χ2n) is 1.73. The van der Waals surface area contributed by atoms with Crippen molar-refractivity contribution >= 4 is 11.8 Å². The summed E-state index contributed by atoms with van der Waals surface area (Å²) in [6, 6.07) is 0. The predicted octanol–water partition coefficient (Wildman–Crippen LogP) is 0.478. The number of halogens is 1. The van der Waals surface area contributed by atoms with Gasteiger partial charge in [0.2, 0.25) is 0 Å². The molecular weight excluding hydrogens is 139 g/mol. The van der Waals surface area contributed by atoms with E-state index in [4.69, 9.17) is 0 Å². The van der Waals surface area contributed by atoms with Crippen LogP contribution in [0.25, 0.3) is 0 Å². The first kappa shape index (κ1) is 9.07. The number of ether oxygens (including phenoxy) is 1. The fourth-order valence-electron chi connectivity index (χ4n) is 0.427. The van der Waals surface area contributed by atoms with Crippen LogP contribution in [0.15, 0.2) is 0 Å². The van der Waals surface area contributed by atoms with Gasteiger partial charge in [0, 0.05) is 6.42 Å². The fraction of sp³-hybridized carbons (Fsp3) is 0.667. The molecule has 0 bridgehead atoms. The van der Waals surface area contributed by atoms with Crippen molar-refractivity contribution in [2.75, 3.05) is 13.8 Å². The number of esters is 1. The number of hydrogen-bond donors (Lipinski definition) is 0. The maximum absolute atomic E-state index is 11.4. The third-order valence-corrected chi connectivity index (χ3v) is 0.943. The number of Topliss-reactive ketones (excluding diaryl/α,β-unsaturated/α-hetero) is 1. The number of rotatable bonds is 4. The molecule has 0 N–H and O–H groups in total. The molecular formula is C6H9FO3. The van der Waals surface area contributed by atoms with Gasteiger partial charge in [-0.15, -0.1) is 0 Å². The maximum Gasteiger partial charge on any atom is 0.313 e. The van der Waals surface area contributed by atoms with Crippen LogP contribution in [0, 0.1) is 0 Å². The zero-order chi connectivity index (χ0) is 7.98. The monoisotopic (exact) mass is 148 g/mol. The quantitative estimate of drug-likeness (QED) is 0.430. The standard InChI is InChI=1S/C6H9FO3/c1-10-6(9)4-5(8)2-3-7/h2-4H2,1H3. The lowest BCUT2D eigenvalue weighted by atomic mass is 10.2. The molecule has 10 heavy (non-hydrogen) atoms. The number of ketones is 1. The Kier molecular flexibility index (Phi) is 4.45. The lowest BCUT2D eigenvalue weighted by molar-refractivity contribution is -0.143. The highest BCUT2D eigenvalue weighted by atomic mass is 19.1. The molecule has 0 saturated carbocycles. The van der Waals surface area contributed by atoms with Gasteiger partial charge in [-0.25, -0.2) is 0 Å². The molecule has 0 heterocycles. The first-order chi connectivity index (χ1) is 4.70. The van der Waals surface area contributed by atoms with E-state index >= 15 is 0 Å². The number of carbonyl (C=O) groups is 2. The smallest absolute Gasteiger partial charge is 0.313 e. The molecule has 0 aliphatic carbocycles. The molecule has 0 amide bonds. The molecule has 0 aliphatic heterocycles. The normalized spacial score (nSPS) is 9.00. The summed E-state index contributed by atoms with van der Waals surface area (Å²) in [7, 11) is 1.19. The van der Waals surface area contributed by atoms with Crippen LogP contribution in [-0.4, -0.2) is 25.5 Å². The van der Waals surface area contributed by atoms with Gasteiger partial charge in [-0.05, 0) is 0 Å². The summed E-state index contributed by atoms with van der Waals surface area (Å²) in [4.78, 5) is 20.8. The second-order valence-corrected chi connectivity index (χ2v) is 1.73. The largest absolute Gasteiger partial charge is 0.469 e. The topological polar surface area (TPSA) is 43.4 Å². The van der Waals surface area contributed by atoms with E-state index in [0.29, 0.717) is 0 Å². The van der Waals surface area contributed by atoms with Gasteiger partial charge in [0.05, 0.1) is 13.8 Å². The van der Waals surface area contributed by atoms with Crippen molar-refractivity contribution < 1.29 is 18.7 Å². The zero-order valence-corrected chi connectivity index (χ0v) is 5.72. The average molecular weight is 148 g/mol. The van der Waals surface area contributed by atoms with Crippen LogP contribution in [-0.2, 0) is 14.3 Å². The highest BCUT2D eigenvalue weighted by molar-refractivity contribution is 5.95. The molecule has 0 radical (unpaired) electrons. The Morgan fingerprint density at radius 3 is 2.50 bits per heavy atom. The van der Waals surface area contributed by atoms with E-state index in [2.05, 4.69) is 4.74 Å². The van der Waals surface area contributed by atoms with Crippen molar-refractivity contribution in [1.82, 2.24) is 0 Å². The molecule has 0 aromatic heterocycles. The molecule has 0 atom stereocenters. The van der Waals surface area contributed by atoms with Gasteiger partial charge < -0.3 is 4.74 Å². The van der Waals surface area contributed by atoms with Gasteiger partial charge in [0.15, 0.2) is 0 Å². The zero-order valence-electron chi connectivity index (χ0n) is 5.72. The van der Waals surface area contributed by atoms with Crippen LogP contribution in [0.1, 0.15) is 12.8 Å². The van der Waals surface area contributed by atoms with E-state index < -0.39 is 18.4 Å². The minimum atomic E-state index is -0.712. The molecule has 0 unspecified atom stereocenters. The summed E-state index contributed by atoms with van der Waals surface area (Å²) in [6.45, 7) is -0.712.